The molecule has 1 N–H and O–H groups in total. The minimum Gasteiger partial charge on any atom is -0.456 e. The molecule has 2 bridgehead atoms. The number of piperidine rings is 1. The zero-order chi connectivity index (χ0) is 26.1. The second kappa shape index (κ2) is 8.45. The van der Waals surface area contributed by atoms with Gasteiger partial charge in [-0.3, -0.25) is 0 Å². The van der Waals surface area contributed by atoms with E-state index in [1.807, 2.05) is 47.4 Å². The van der Waals surface area contributed by atoms with Crippen LogP contribution >= 0.6 is 0 Å². The molecular formula is C34H29NO4. The second-order valence-corrected chi connectivity index (χ2v) is 11.3. The summed E-state index contributed by atoms with van der Waals surface area (Å²) < 4.78 is 12.3. The highest BCUT2D eigenvalue weighted by Crippen LogP contribution is 2.49. The van der Waals surface area contributed by atoms with E-state index in [0.717, 1.165) is 40.3 Å². The van der Waals surface area contributed by atoms with Crippen LogP contribution in [0.5, 0.6) is 0 Å². The van der Waals surface area contributed by atoms with E-state index in [1.54, 1.807) is 0 Å². The molecule has 1 aliphatic carbocycles. The van der Waals surface area contributed by atoms with Crippen molar-refractivity contribution >= 4 is 28.0 Å². The number of carbonyl (C=O) groups is 1. The number of carbonyl (C=O) groups excluding carboxylic acids is 1. The van der Waals surface area contributed by atoms with Gasteiger partial charge in [0.2, 0.25) is 0 Å². The van der Waals surface area contributed by atoms with Crippen molar-refractivity contribution in [2.75, 3.05) is 6.61 Å². The molecule has 1 amide bonds. The summed E-state index contributed by atoms with van der Waals surface area (Å²) >= 11 is 0. The molecule has 5 heteroatoms. The number of para-hydroxylation sites is 2. The lowest BCUT2D eigenvalue weighted by molar-refractivity contribution is -0.0526. The highest BCUT2D eigenvalue weighted by Gasteiger charge is 2.51. The standard InChI is InChI=1S/C34H29NO4/c36-33(38-20-29-25-10-3-1-8-23(25)24-9-2-4-11-26(24)29)35-21-16-17-22(35)19-34(37,18-21)30-14-7-13-28-27-12-5-6-15-31(27)39-32(28)30/h1-15,21-22,29,37H,16-20H2. The molecule has 0 saturated carbocycles. The smallest absolute Gasteiger partial charge is 0.410 e. The van der Waals surface area contributed by atoms with Gasteiger partial charge in [0.15, 0.2) is 0 Å². The van der Waals surface area contributed by atoms with Gasteiger partial charge >= 0.3 is 6.09 Å². The van der Waals surface area contributed by atoms with Gasteiger partial charge in [0.1, 0.15) is 17.8 Å². The number of amides is 1. The van der Waals surface area contributed by atoms with E-state index in [-0.39, 0.29) is 24.1 Å². The maximum Gasteiger partial charge on any atom is 0.410 e. The molecule has 194 valence electrons. The summed E-state index contributed by atoms with van der Waals surface area (Å²) in [5.74, 6) is 0.0337. The lowest BCUT2D eigenvalue weighted by atomic mass is 9.80. The number of aliphatic hydroxyl groups is 1. The number of furan rings is 1. The minimum atomic E-state index is -1.06. The molecule has 5 aromatic rings. The molecule has 4 aromatic carbocycles. The number of rotatable bonds is 3. The molecule has 2 unspecified atom stereocenters. The summed E-state index contributed by atoms with van der Waals surface area (Å²) in [6, 6.07) is 30.7. The van der Waals surface area contributed by atoms with Crippen molar-refractivity contribution in [2.45, 2.75) is 49.3 Å². The number of fused-ring (bicyclic) bond motifs is 8. The number of hydrogen-bond donors (Lipinski definition) is 1. The number of benzene rings is 4. The molecule has 5 nitrogen and oxygen atoms in total. The third-order valence-electron chi connectivity index (χ3n) is 9.22. The first kappa shape index (κ1) is 22.9. The average Bonchev–Trinajstić information content (AvgIpc) is 3.59. The van der Waals surface area contributed by atoms with E-state index in [9.17, 15) is 9.90 Å². The average molecular weight is 516 g/mol. The van der Waals surface area contributed by atoms with Crippen LogP contribution in [0.2, 0.25) is 0 Å². The number of ether oxygens (including phenoxy) is 1. The molecule has 8 rings (SSSR count). The summed E-state index contributed by atoms with van der Waals surface area (Å²) in [5, 5.41) is 14.1. The lowest BCUT2D eigenvalue weighted by Crippen LogP contribution is -2.52. The Kier molecular flexibility index (Phi) is 4.95. The third kappa shape index (κ3) is 3.39. The van der Waals surface area contributed by atoms with Crippen LogP contribution < -0.4 is 0 Å². The van der Waals surface area contributed by atoms with Crippen molar-refractivity contribution in [1.29, 1.82) is 0 Å². The molecule has 2 atom stereocenters. The normalized spacial score (nSPS) is 23.8. The Morgan fingerprint density at radius 1 is 0.821 bits per heavy atom. The summed E-state index contributed by atoms with van der Waals surface area (Å²) in [7, 11) is 0. The summed E-state index contributed by atoms with van der Waals surface area (Å²) in [6.45, 7) is 0.311. The van der Waals surface area contributed by atoms with Crippen LogP contribution in [-0.4, -0.2) is 34.8 Å². The lowest BCUT2D eigenvalue weighted by Gasteiger charge is -2.43. The first-order valence-corrected chi connectivity index (χ1v) is 13.9. The van der Waals surface area contributed by atoms with Crippen LogP contribution in [0.3, 0.4) is 0 Å². The van der Waals surface area contributed by atoms with Crippen LogP contribution in [0.15, 0.2) is 95.4 Å². The highest BCUT2D eigenvalue weighted by atomic mass is 16.6. The molecule has 39 heavy (non-hydrogen) atoms. The Morgan fingerprint density at radius 2 is 1.44 bits per heavy atom. The van der Waals surface area contributed by atoms with E-state index < -0.39 is 5.60 Å². The van der Waals surface area contributed by atoms with Gasteiger partial charge in [0, 0.05) is 47.2 Å². The van der Waals surface area contributed by atoms with Gasteiger partial charge in [-0.2, -0.15) is 0 Å². The van der Waals surface area contributed by atoms with Gasteiger partial charge < -0.3 is 19.2 Å². The second-order valence-electron chi connectivity index (χ2n) is 11.3. The predicted molar refractivity (Wildman–Crippen MR) is 151 cm³/mol. The van der Waals surface area contributed by atoms with E-state index in [0.29, 0.717) is 19.4 Å². The van der Waals surface area contributed by atoms with Crippen LogP contribution in [0, 0.1) is 0 Å². The van der Waals surface area contributed by atoms with Gasteiger partial charge in [-0.25, -0.2) is 4.79 Å². The topological polar surface area (TPSA) is 62.9 Å². The Labute approximate surface area is 226 Å². The maximum atomic E-state index is 13.5. The van der Waals surface area contributed by atoms with Crippen LogP contribution in [-0.2, 0) is 10.3 Å². The van der Waals surface area contributed by atoms with E-state index in [2.05, 4.69) is 48.5 Å². The molecule has 0 radical (unpaired) electrons. The maximum absolute atomic E-state index is 13.5. The Balaban J connectivity index is 1.05. The molecule has 2 fully saturated rings. The summed E-state index contributed by atoms with van der Waals surface area (Å²) in [4.78, 5) is 15.4. The fourth-order valence-corrected chi connectivity index (χ4v) is 7.53. The third-order valence-corrected chi connectivity index (χ3v) is 9.22. The SMILES string of the molecule is O=C(OCC1c2ccccc2-c2ccccc21)N1C2CCC1CC(O)(c1cccc3c1oc1ccccc13)C2. The van der Waals surface area contributed by atoms with Gasteiger partial charge in [0.05, 0.1) is 5.60 Å². The first-order valence-electron chi connectivity index (χ1n) is 13.9. The molecule has 0 spiro atoms. The zero-order valence-corrected chi connectivity index (χ0v) is 21.5. The molecule has 1 aromatic heterocycles. The Bertz CT molecular complexity index is 1690. The predicted octanol–water partition coefficient (Wildman–Crippen LogP) is 7.35. The van der Waals surface area contributed by atoms with Crippen molar-refractivity contribution in [3.05, 3.63) is 108 Å². The number of nitrogens with zero attached hydrogens (tertiary/aromatic N) is 1. The largest absolute Gasteiger partial charge is 0.456 e. The van der Waals surface area contributed by atoms with Gasteiger partial charge in [-0.05, 0) is 41.2 Å². The van der Waals surface area contributed by atoms with Crippen molar-refractivity contribution in [3.63, 3.8) is 0 Å². The van der Waals surface area contributed by atoms with Gasteiger partial charge in [-0.15, -0.1) is 0 Å². The monoisotopic (exact) mass is 515 g/mol. The minimum absolute atomic E-state index is 0.0337. The first-order chi connectivity index (χ1) is 19.1. The van der Waals surface area contributed by atoms with Crippen LogP contribution in [0.4, 0.5) is 4.79 Å². The highest BCUT2D eigenvalue weighted by molar-refractivity contribution is 6.06. The fourth-order valence-electron chi connectivity index (χ4n) is 7.53. The van der Waals surface area contributed by atoms with Crippen LogP contribution in [0.25, 0.3) is 33.1 Å². The molecular weight excluding hydrogens is 486 g/mol. The fraction of sp³-hybridized carbons (Fsp3) is 0.265. The summed E-state index contributed by atoms with van der Waals surface area (Å²) in [5.41, 5.74) is 6.19. The van der Waals surface area contributed by atoms with Crippen molar-refractivity contribution in [1.82, 2.24) is 4.90 Å². The molecule has 3 heterocycles. The molecule has 3 aliphatic rings. The quantitative estimate of drug-likeness (QED) is 0.273. The van der Waals surface area contributed by atoms with Crippen LogP contribution in [0.1, 0.15) is 48.3 Å². The number of hydrogen-bond acceptors (Lipinski definition) is 4. The van der Waals surface area contributed by atoms with Crippen molar-refractivity contribution < 1.29 is 19.1 Å². The van der Waals surface area contributed by atoms with E-state index >= 15 is 0 Å². The van der Waals surface area contributed by atoms with E-state index in [4.69, 9.17) is 9.15 Å². The van der Waals surface area contributed by atoms with E-state index in [1.165, 1.54) is 22.3 Å². The molecule has 2 saturated heterocycles. The molecule has 2 aliphatic heterocycles. The van der Waals surface area contributed by atoms with Gasteiger partial charge in [0.25, 0.3) is 0 Å². The summed E-state index contributed by atoms with van der Waals surface area (Å²) in [6.07, 6.45) is 2.42. The Hall–Kier alpha value is -4.09. The van der Waals surface area contributed by atoms with Crippen molar-refractivity contribution in [2.24, 2.45) is 0 Å². The Morgan fingerprint density at radius 3 is 2.15 bits per heavy atom. The zero-order valence-electron chi connectivity index (χ0n) is 21.5. The van der Waals surface area contributed by atoms with Crippen molar-refractivity contribution in [3.8, 4) is 11.1 Å². The van der Waals surface area contributed by atoms with Gasteiger partial charge in [-0.1, -0.05) is 84.9 Å².